The molecule has 1 aliphatic heterocycles. The molecule has 0 fully saturated rings. The van der Waals surface area contributed by atoms with E-state index >= 15 is 0 Å². The van der Waals surface area contributed by atoms with Crippen molar-refractivity contribution >= 4 is 33.1 Å². The predicted octanol–water partition coefficient (Wildman–Crippen LogP) is 5.14. The molecule has 104 valence electrons. The fraction of sp³-hybridized carbons (Fsp3) is 0.0500. The quantitative estimate of drug-likeness (QED) is 0.415. The zero-order valence-corrected chi connectivity index (χ0v) is 12.2. The van der Waals surface area contributed by atoms with Crippen LogP contribution in [-0.2, 0) is 0 Å². The number of fused-ring (bicyclic) bond motifs is 4. The van der Waals surface area contributed by atoms with Gasteiger partial charge in [0.2, 0.25) is 0 Å². The van der Waals surface area contributed by atoms with Crippen LogP contribution in [0.15, 0.2) is 66.9 Å². The summed E-state index contributed by atoms with van der Waals surface area (Å²) in [5.74, 6) is 0. The van der Waals surface area contributed by atoms with Gasteiger partial charge in [0.15, 0.2) is 0 Å². The summed E-state index contributed by atoms with van der Waals surface area (Å²) in [6, 6.07) is 21.5. The molecule has 4 aromatic rings. The molecule has 2 heteroatoms. The van der Waals surface area contributed by atoms with Crippen LogP contribution in [-0.4, -0.2) is 12.0 Å². The Morgan fingerprint density at radius 1 is 0.818 bits per heavy atom. The van der Waals surface area contributed by atoms with Crippen LogP contribution in [0.2, 0.25) is 0 Å². The Labute approximate surface area is 128 Å². The molecular formula is C20H14N2. The molecule has 0 N–H and O–H groups in total. The highest BCUT2D eigenvalue weighted by Gasteiger charge is 2.23. The first-order valence-electron chi connectivity index (χ1n) is 7.48. The molecule has 0 saturated carbocycles. The van der Waals surface area contributed by atoms with E-state index in [1.165, 1.54) is 38.7 Å². The summed E-state index contributed by atoms with van der Waals surface area (Å²) in [6.45, 7) is 0. The maximum absolute atomic E-state index is 4.69. The molecule has 0 atom stereocenters. The molecule has 3 aromatic carbocycles. The highest BCUT2D eigenvalue weighted by molar-refractivity contribution is 6.19. The van der Waals surface area contributed by atoms with Crippen LogP contribution >= 0.6 is 0 Å². The van der Waals surface area contributed by atoms with Crippen LogP contribution in [0.3, 0.4) is 0 Å². The van der Waals surface area contributed by atoms with Gasteiger partial charge in [0.05, 0.1) is 11.2 Å². The molecule has 0 unspecified atom stereocenters. The first-order chi connectivity index (χ1) is 10.8. The van der Waals surface area contributed by atoms with Crippen molar-refractivity contribution in [1.29, 1.82) is 0 Å². The lowest BCUT2D eigenvalue weighted by atomic mass is 9.91. The van der Waals surface area contributed by atoms with Gasteiger partial charge in [-0.1, -0.05) is 42.5 Å². The van der Waals surface area contributed by atoms with Crippen molar-refractivity contribution in [1.82, 2.24) is 4.98 Å². The Balaban J connectivity index is 2.06. The van der Waals surface area contributed by atoms with E-state index in [0.29, 0.717) is 0 Å². The monoisotopic (exact) mass is 282 g/mol. The molecule has 1 aliphatic rings. The van der Waals surface area contributed by atoms with E-state index < -0.39 is 0 Å². The van der Waals surface area contributed by atoms with Crippen molar-refractivity contribution in [2.45, 2.75) is 0 Å². The highest BCUT2D eigenvalue weighted by atomic mass is 15.1. The van der Waals surface area contributed by atoms with E-state index in [1.54, 1.807) is 0 Å². The van der Waals surface area contributed by atoms with Crippen LogP contribution < -0.4 is 4.90 Å². The van der Waals surface area contributed by atoms with E-state index in [0.717, 1.165) is 5.52 Å². The van der Waals surface area contributed by atoms with Crippen molar-refractivity contribution in [2.75, 3.05) is 11.9 Å². The van der Waals surface area contributed by atoms with Gasteiger partial charge < -0.3 is 4.90 Å². The fourth-order valence-electron chi connectivity index (χ4n) is 3.60. The van der Waals surface area contributed by atoms with Gasteiger partial charge in [0.25, 0.3) is 0 Å². The molecule has 5 rings (SSSR count). The molecule has 2 nitrogen and oxygen atoms in total. The Hall–Kier alpha value is -2.87. The Morgan fingerprint density at radius 2 is 1.64 bits per heavy atom. The van der Waals surface area contributed by atoms with Gasteiger partial charge in [-0.3, -0.25) is 4.98 Å². The number of pyridine rings is 1. The fourth-order valence-corrected chi connectivity index (χ4v) is 3.60. The number of nitrogens with zero attached hydrogens (tertiary/aromatic N) is 2. The minimum absolute atomic E-state index is 1.09. The van der Waals surface area contributed by atoms with Crippen LogP contribution in [0.5, 0.6) is 0 Å². The highest BCUT2D eigenvalue weighted by Crippen LogP contribution is 2.47. The van der Waals surface area contributed by atoms with Gasteiger partial charge in [0.1, 0.15) is 0 Å². The van der Waals surface area contributed by atoms with Crippen molar-refractivity contribution in [3.05, 3.63) is 66.9 Å². The molecule has 0 amide bonds. The van der Waals surface area contributed by atoms with E-state index in [2.05, 4.69) is 72.6 Å². The molecule has 0 saturated heterocycles. The number of hydrogen-bond acceptors (Lipinski definition) is 2. The van der Waals surface area contributed by atoms with E-state index in [9.17, 15) is 0 Å². The lowest BCUT2D eigenvalue weighted by Gasteiger charge is -2.30. The van der Waals surface area contributed by atoms with Crippen LogP contribution in [0.1, 0.15) is 0 Å². The van der Waals surface area contributed by atoms with Gasteiger partial charge in [-0.05, 0) is 29.1 Å². The molecular weight excluding hydrogens is 268 g/mol. The molecule has 2 heterocycles. The number of anilines is 2. The average Bonchev–Trinajstić information content (AvgIpc) is 2.59. The SMILES string of the molecule is CN1c2ccccc2-c2ccnc3c2c1cc1ccccc13. The number of para-hydroxylation sites is 1. The second-order valence-electron chi connectivity index (χ2n) is 5.78. The maximum Gasteiger partial charge on any atom is 0.0807 e. The Morgan fingerprint density at radius 3 is 2.59 bits per heavy atom. The summed E-state index contributed by atoms with van der Waals surface area (Å²) in [4.78, 5) is 6.97. The number of hydrogen-bond donors (Lipinski definition) is 0. The first kappa shape index (κ1) is 11.8. The minimum Gasteiger partial charge on any atom is -0.344 e. The number of aromatic nitrogens is 1. The summed E-state index contributed by atoms with van der Waals surface area (Å²) in [5.41, 5.74) is 6.12. The third kappa shape index (κ3) is 1.37. The van der Waals surface area contributed by atoms with Gasteiger partial charge in [-0.25, -0.2) is 0 Å². The summed E-state index contributed by atoms with van der Waals surface area (Å²) >= 11 is 0. The third-order valence-electron chi connectivity index (χ3n) is 4.63. The molecule has 0 radical (unpaired) electrons. The van der Waals surface area contributed by atoms with Gasteiger partial charge in [-0.2, -0.15) is 0 Å². The smallest absolute Gasteiger partial charge is 0.0807 e. The summed E-state index contributed by atoms with van der Waals surface area (Å²) in [7, 11) is 2.14. The first-order valence-corrected chi connectivity index (χ1v) is 7.48. The van der Waals surface area contributed by atoms with Crippen molar-refractivity contribution < 1.29 is 0 Å². The molecule has 0 aliphatic carbocycles. The van der Waals surface area contributed by atoms with Crippen LogP contribution in [0.25, 0.3) is 32.8 Å². The third-order valence-corrected chi connectivity index (χ3v) is 4.63. The molecule has 0 bridgehead atoms. The lowest BCUT2D eigenvalue weighted by molar-refractivity contribution is 1.21. The normalized spacial score (nSPS) is 12.7. The summed E-state index contributed by atoms with van der Waals surface area (Å²) < 4.78 is 0. The number of benzene rings is 3. The zero-order chi connectivity index (χ0) is 14.7. The average molecular weight is 282 g/mol. The molecule has 22 heavy (non-hydrogen) atoms. The minimum atomic E-state index is 1.09. The Kier molecular flexibility index (Phi) is 2.18. The topological polar surface area (TPSA) is 16.1 Å². The van der Waals surface area contributed by atoms with E-state index in [1.807, 2.05) is 6.20 Å². The van der Waals surface area contributed by atoms with Crippen molar-refractivity contribution in [3.63, 3.8) is 0 Å². The lowest BCUT2D eigenvalue weighted by Crippen LogP contribution is -2.15. The van der Waals surface area contributed by atoms with E-state index in [4.69, 9.17) is 4.98 Å². The van der Waals surface area contributed by atoms with Gasteiger partial charge in [0, 0.05) is 35.3 Å². The molecule has 0 spiro atoms. The van der Waals surface area contributed by atoms with Crippen LogP contribution in [0, 0.1) is 0 Å². The van der Waals surface area contributed by atoms with Crippen LogP contribution in [0.4, 0.5) is 11.4 Å². The summed E-state index contributed by atoms with van der Waals surface area (Å²) in [6.07, 6.45) is 1.93. The van der Waals surface area contributed by atoms with Crippen molar-refractivity contribution in [3.8, 4) is 11.1 Å². The predicted molar refractivity (Wildman–Crippen MR) is 92.7 cm³/mol. The second-order valence-corrected chi connectivity index (χ2v) is 5.78. The van der Waals surface area contributed by atoms with Crippen molar-refractivity contribution in [2.24, 2.45) is 0 Å². The summed E-state index contributed by atoms with van der Waals surface area (Å²) in [5, 5.41) is 3.71. The number of rotatable bonds is 0. The maximum atomic E-state index is 4.69. The Bertz CT molecular complexity index is 1050. The zero-order valence-electron chi connectivity index (χ0n) is 12.2. The second kappa shape index (κ2) is 4.08. The largest absolute Gasteiger partial charge is 0.344 e. The van der Waals surface area contributed by atoms with Gasteiger partial charge >= 0.3 is 0 Å². The van der Waals surface area contributed by atoms with Gasteiger partial charge in [-0.15, -0.1) is 0 Å². The van der Waals surface area contributed by atoms with E-state index in [-0.39, 0.29) is 0 Å². The standard InChI is InChI=1S/C20H14N2/c1-22-17-9-5-4-8-15(17)16-10-11-21-20-14-7-3-2-6-13(14)12-18(22)19(16)20/h2-12H,1H3. The molecule has 1 aromatic heterocycles.